The van der Waals surface area contributed by atoms with Crippen molar-refractivity contribution < 1.29 is 14.3 Å². The maximum atomic E-state index is 12.6. The van der Waals surface area contributed by atoms with Gasteiger partial charge in [-0.25, -0.2) is 4.79 Å². The Hall–Kier alpha value is -2.16. The van der Waals surface area contributed by atoms with Crippen LogP contribution in [0.4, 0.5) is 0 Å². The van der Waals surface area contributed by atoms with Gasteiger partial charge in [-0.2, -0.15) is 0 Å². The van der Waals surface area contributed by atoms with E-state index in [1.165, 1.54) is 12.0 Å². The summed E-state index contributed by atoms with van der Waals surface area (Å²) in [7, 11) is 0. The molecule has 3 heteroatoms. The molecule has 4 aliphatic carbocycles. The number of fused-ring (bicyclic) bond motifs is 5. The van der Waals surface area contributed by atoms with Crippen LogP contribution in [0.5, 0.6) is 0 Å². The molecule has 0 aliphatic heterocycles. The van der Waals surface area contributed by atoms with Crippen LogP contribution >= 0.6 is 0 Å². The van der Waals surface area contributed by atoms with Crippen LogP contribution in [-0.2, 0) is 14.3 Å². The third-order valence-electron chi connectivity index (χ3n) is 9.26. The van der Waals surface area contributed by atoms with E-state index in [4.69, 9.17) is 4.74 Å². The van der Waals surface area contributed by atoms with E-state index in [1.54, 1.807) is 6.08 Å². The normalized spacial score (nSPS) is 39.4. The average molecular weight is 419 g/mol. The smallest absolute Gasteiger partial charge is 0.331 e. The van der Waals surface area contributed by atoms with Crippen LogP contribution < -0.4 is 0 Å². The van der Waals surface area contributed by atoms with Crippen molar-refractivity contribution in [2.24, 2.45) is 28.6 Å². The van der Waals surface area contributed by atoms with Crippen LogP contribution in [0.25, 0.3) is 6.08 Å². The Labute approximate surface area is 185 Å². The number of esters is 1. The zero-order valence-corrected chi connectivity index (χ0v) is 18.8. The highest BCUT2D eigenvalue weighted by molar-refractivity contribution is 5.87. The summed E-state index contributed by atoms with van der Waals surface area (Å²) in [5.41, 5.74) is 2.64. The van der Waals surface area contributed by atoms with Gasteiger partial charge in [0.05, 0.1) is 0 Å². The molecule has 0 radical (unpaired) electrons. The first kappa shape index (κ1) is 20.7. The van der Waals surface area contributed by atoms with Crippen LogP contribution in [-0.4, -0.2) is 17.9 Å². The molecule has 3 nitrogen and oxygen atoms in total. The molecule has 164 valence electrons. The maximum absolute atomic E-state index is 12.6. The van der Waals surface area contributed by atoms with Crippen molar-refractivity contribution >= 4 is 17.8 Å². The van der Waals surface area contributed by atoms with Crippen molar-refractivity contribution in [1.82, 2.24) is 0 Å². The number of hydrogen-bond donors (Lipinski definition) is 0. The molecule has 31 heavy (non-hydrogen) atoms. The highest BCUT2D eigenvalue weighted by atomic mass is 16.5. The van der Waals surface area contributed by atoms with Crippen molar-refractivity contribution in [2.45, 2.75) is 71.3 Å². The lowest BCUT2D eigenvalue weighted by Crippen LogP contribution is -2.50. The molecule has 0 bridgehead atoms. The highest BCUT2D eigenvalue weighted by Crippen LogP contribution is 2.64. The van der Waals surface area contributed by atoms with Crippen molar-refractivity contribution in [3.63, 3.8) is 0 Å². The van der Waals surface area contributed by atoms with Crippen LogP contribution in [0, 0.1) is 28.6 Å². The summed E-state index contributed by atoms with van der Waals surface area (Å²) in [6, 6.07) is 9.85. The zero-order valence-electron chi connectivity index (χ0n) is 18.8. The molecular weight excluding hydrogens is 384 g/mol. The third kappa shape index (κ3) is 3.50. The van der Waals surface area contributed by atoms with Gasteiger partial charge in [0.2, 0.25) is 0 Å². The van der Waals surface area contributed by atoms with Crippen molar-refractivity contribution in [1.29, 1.82) is 0 Å². The topological polar surface area (TPSA) is 43.4 Å². The fraction of sp³-hybridized carbons (Fsp3) is 0.571. The summed E-state index contributed by atoms with van der Waals surface area (Å²) in [6.45, 7) is 4.69. The third-order valence-corrected chi connectivity index (χ3v) is 9.26. The summed E-state index contributed by atoms with van der Waals surface area (Å²) >= 11 is 0. The first-order chi connectivity index (χ1) is 14.9. The number of benzene rings is 1. The van der Waals surface area contributed by atoms with Gasteiger partial charge in [0.1, 0.15) is 11.9 Å². The standard InChI is InChI=1S/C28H34O3/c1-27-16-14-21(31-26(30)13-8-19-6-4-3-5-7-19)18-20(27)9-10-22-23-11-12-25(29)28(23,2)17-15-24(22)27/h3-9,13,21-24H,10-12,14-18H2,1-2H3/b13-8+. The number of carbonyl (C=O) groups excluding carboxylic acids is 2. The molecule has 0 amide bonds. The largest absolute Gasteiger partial charge is 0.459 e. The lowest BCUT2D eigenvalue weighted by atomic mass is 9.48. The van der Waals surface area contributed by atoms with E-state index in [-0.39, 0.29) is 22.9 Å². The second-order valence-corrected chi connectivity index (χ2v) is 10.7. The van der Waals surface area contributed by atoms with E-state index in [0.717, 1.165) is 50.5 Å². The number of Topliss-reactive ketones (excluding diaryl/α,β-unsaturated/α-hetero) is 1. The lowest BCUT2D eigenvalue weighted by Gasteiger charge is -2.56. The molecule has 3 fully saturated rings. The summed E-state index contributed by atoms with van der Waals surface area (Å²) in [4.78, 5) is 25.0. The Morgan fingerprint density at radius 1 is 1.03 bits per heavy atom. The molecule has 0 saturated heterocycles. The van der Waals surface area contributed by atoms with E-state index in [2.05, 4.69) is 19.9 Å². The van der Waals surface area contributed by atoms with Crippen LogP contribution in [0.1, 0.15) is 70.8 Å². The van der Waals surface area contributed by atoms with E-state index in [9.17, 15) is 9.59 Å². The second kappa shape index (κ2) is 7.76. The Morgan fingerprint density at radius 2 is 1.77 bits per heavy atom. The molecule has 4 aliphatic rings. The summed E-state index contributed by atoms with van der Waals surface area (Å²) in [5, 5.41) is 0. The molecule has 0 N–H and O–H groups in total. The van der Waals surface area contributed by atoms with Gasteiger partial charge in [-0.1, -0.05) is 55.8 Å². The first-order valence-electron chi connectivity index (χ1n) is 12.1. The summed E-state index contributed by atoms with van der Waals surface area (Å²) in [5.74, 6) is 2.14. The van der Waals surface area contributed by atoms with Crippen molar-refractivity contribution in [3.8, 4) is 0 Å². The van der Waals surface area contributed by atoms with Crippen molar-refractivity contribution in [2.75, 3.05) is 0 Å². The number of ketones is 1. The summed E-state index contributed by atoms with van der Waals surface area (Å²) in [6.07, 6.45) is 13.9. The van der Waals surface area contributed by atoms with Gasteiger partial charge < -0.3 is 4.74 Å². The van der Waals surface area contributed by atoms with Crippen LogP contribution in [0.2, 0.25) is 0 Å². The Balaban J connectivity index is 1.26. The van der Waals surface area contributed by atoms with Crippen LogP contribution in [0.15, 0.2) is 48.1 Å². The summed E-state index contributed by atoms with van der Waals surface area (Å²) < 4.78 is 5.83. The zero-order chi connectivity index (χ0) is 21.6. The minimum Gasteiger partial charge on any atom is -0.459 e. The Kier molecular flexibility index (Phi) is 5.19. The number of ether oxygens (including phenoxy) is 1. The van der Waals surface area contributed by atoms with Gasteiger partial charge in [-0.05, 0) is 73.3 Å². The highest BCUT2D eigenvalue weighted by Gasteiger charge is 2.58. The molecule has 0 spiro atoms. The average Bonchev–Trinajstić information content (AvgIpc) is 3.08. The van der Waals surface area contributed by atoms with Gasteiger partial charge in [-0.15, -0.1) is 0 Å². The quantitative estimate of drug-likeness (QED) is 0.336. The SMILES string of the molecule is CC12CCC3C(CC=C4CC(OC(=O)/C=C/c5ccccc5)CCC43C)C1CCC2=O. The fourth-order valence-corrected chi connectivity index (χ4v) is 7.43. The minimum absolute atomic E-state index is 0.0225. The van der Waals surface area contributed by atoms with E-state index >= 15 is 0 Å². The van der Waals surface area contributed by atoms with Gasteiger partial charge in [-0.3, -0.25) is 4.79 Å². The molecule has 3 saturated carbocycles. The van der Waals surface area contributed by atoms with Crippen LogP contribution in [0.3, 0.4) is 0 Å². The van der Waals surface area contributed by atoms with Gasteiger partial charge in [0, 0.05) is 24.3 Å². The number of rotatable bonds is 3. The predicted molar refractivity (Wildman–Crippen MR) is 122 cm³/mol. The molecule has 1 aromatic carbocycles. The number of allylic oxidation sites excluding steroid dienone is 1. The minimum atomic E-state index is -0.246. The monoisotopic (exact) mass is 418 g/mol. The second-order valence-electron chi connectivity index (χ2n) is 10.7. The Bertz CT molecular complexity index is 929. The molecule has 0 aromatic heterocycles. The van der Waals surface area contributed by atoms with Gasteiger partial charge in [0.15, 0.2) is 0 Å². The number of hydrogen-bond acceptors (Lipinski definition) is 3. The fourth-order valence-electron chi connectivity index (χ4n) is 7.43. The molecule has 6 unspecified atom stereocenters. The van der Waals surface area contributed by atoms with Gasteiger partial charge in [0.25, 0.3) is 0 Å². The van der Waals surface area contributed by atoms with Gasteiger partial charge >= 0.3 is 5.97 Å². The maximum Gasteiger partial charge on any atom is 0.331 e. The predicted octanol–water partition coefficient (Wildman–Crippen LogP) is 6.14. The van der Waals surface area contributed by atoms with E-state index in [1.807, 2.05) is 36.4 Å². The molecule has 1 aromatic rings. The molecule has 0 heterocycles. The first-order valence-corrected chi connectivity index (χ1v) is 12.1. The lowest BCUT2D eigenvalue weighted by molar-refractivity contribution is -0.145. The van der Waals surface area contributed by atoms with Crippen molar-refractivity contribution in [3.05, 3.63) is 53.6 Å². The number of carbonyl (C=O) groups is 2. The van der Waals surface area contributed by atoms with E-state index in [0.29, 0.717) is 23.5 Å². The van der Waals surface area contributed by atoms with E-state index < -0.39 is 0 Å². The molecule has 5 rings (SSSR count). The molecule has 6 atom stereocenters. The Morgan fingerprint density at radius 3 is 2.58 bits per heavy atom. The molecular formula is C28H34O3.